The van der Waals surface area contributed by atoms with Gasteiger partial charge in [0.2, 0.25) is 0 Å². The zero-order chi connectivity index (χ0) is 24.9. The van der Waals surface area contributed by atoms with Gasteiger partial charge in [-0.05, 0) is 59.7 Å². The summed E-state index contributed by atoms with van der Waals surface area (Å²) in [5.74, 6) is 0.467. The Balaban J connectivity index is 1.33. The van der Waals surface area contributed by atoms with Gasteiger partial charge < -0.3 is 19.8 Å². The Morgan fingerprint density at radius 2 is 1.81 bits per heavy atom. The van der Waals surface area contributed by atoms with E-state index in [9.17, 15) is 9.59 Å². The van der Waals surface area contributed by atoms with Crippen molar-refractivity contribution < 1.29 is 19.1 Å². The number of carbonyl (C=O) groups excluding carboxylic acids is 2. The predicted molar refractivity (Wildman–Crippen MR) is 138 cm³/mol. The molecule has 2 heterocycles. The number of halogens is 1. The third-order valence-electron chi connectivity index (χ3n) is 5.78. The molecule has 0 saturated carbocycles. The Kier molecular flexibility index (Phi) is 6.86. The Hall–Kier alpha value is -4.30. The molecular formula is C27H23ClN4O4. The zero-order valence-electron chi connectivity index (χ0n) is 19.2. The highest BCUT2D eigenvalue weighted by Crippen LogP contribution is 2.30. The minimum Gasteiger partial charge on any atom is -0.486 e. The average molecular weight is 503 g/mol. The number of amides is 2. The minimum atomic E-state index is -0.871. The Morgan fingerprint density at radius 3 is 2.64 bits per heavy atom. The Morgan fingerprint density at radius 1 is 1.03 bits per heavy atom. The van der Waals surface area contributed by atoms with Crippen molar-refractivity contribution in [2.24, 2.45) is 5.10 Å². The molecule has 0 saturated heterocycles. The summed E-state index contributed by atoms with van der Waals surface area (Å²) >= 11 is 5.94. The monoisotopic (exact) mass is 502 g/mol. The Bertz CT molecular complexity index is 1430. The first-order valence-electron chi connectivity index (χ1n) is 11.4. The standard InChI is InChI=1S/C27H23ClN4O4/c28-20-8-6-18(7-9-20)26(33)31-23(14-19-16-29-22-4-2-1-3-21(19)22)27(34)32-30-15-17-5-10-24-25(13-17)36-12-11-35-24/h1-10,13,15-16,23,29H,11-12,14H2,(H,31,33)(H,32,34)/b30-15+. The molecule has 36 heavy (non-hydrogen) atoms. The van der Waals surface area contributed by atoms with Gasteiger partial charge in [-0.15, -0.1) is 0 Å². The third kappa shape index (κ3) is 5.34. The number of ether oxygens (including phenoxy) is 2. The second kappa shape index (κ2) is 10.5. The van der Waals surface area contributed by atoms with Gasteiger partial charge >= 0.3 is 0 Å². The summed E-state index contributed by atoms with van der Waals surface area (Å²) in [6.45, 7) is 0.989. The quantitative estimate of drug-likeness (QED) is 0.261. The van der Waals surface area contributed by atoms with Gasteiger partial charge in [-0.2, -0.15) is 5.10 Å². The molecule has 1 aliphatic rings. The number of carbonyl (C=O) groups is 2. The maximum atomic E-state index is 13.1. The largest absolute Gasteiger partial charge is 0.486 e. The number of hydrogen-bond acceptors (Lipinski definition) is 5. The first kappa shape index (κ1) is 23.4. The molecule has 0 fully saturated rings. The Labute approximate surface area is 212 Å². The van der Waals surface area contributed by atoms with E-state index in [1.54, 1.807) is 36.4 Å². The average Bonchev–Trinajstić information content (AvgIpc) is 3.31. The molecule has 5 rings (SSSR count). The maximum Gasteiger partial charge on any atom is 0.262 e. The van der Waals surface area contributed by atoms with Crippen LogP contribution >= 0.6 is 11.6 Å². The number of aromatic nitrogens is 1. The van der Waals surface area contributed by atoms with E-state index >= 15 is 0 Å². The molecule has 1 unspecified atom stereocenters. The molecule has 0 spiro atoms. The smallest absolute Gasteiger partial charge is 0.262 e. The predicted octanol–water partition coefficient (Wildman–Crippen LogP) is 4.08. The zero-order valence-corrected chi connectivity index (χ0v) is 19.9. The van der Waals surface area contributed by atoms with Crippen LogP contribution in [0.15, 0.2) is 78.0 Å². The molecule has 1 aromatic heterocycles. The van der Waals surface area contributed by atoms with Crippen molar-refractivity contribution in [3.8, 4) is 11.5 Å². The molecule has 1 atom stereocenters. The van der Waals surface area contributed by atoms with Crippen LogP contribution in [0.1, 0.15) is 21.5 Å². The second-order valence-corrected chi connectivity index (χ2v) is 8.67. The van der Waals surface area contributed by atoms with Gasteiger partial charge in [-0.25, -0.2) is 5.43 Å². The van der Waals surface area contributed by atoms with Crippen LogP contribution in [0, 0.1) is 0 Å². The van der Waals surface area contributed by atoms with Gasteiger partial charge in [0.25, 0.3) is 11.8 Å². The van der Waals surface area contributed by atoms with E-state index in [1.165, 1.54) is 6.21 Å². The highest BCUT2D eigenvalue weighted by molar-refractivity contribution is 6.30. The number of para-hydroxylation sites is 1. The van der Waals surface area contributed by atoms with E-state index in [0.29, 0.717) is 35.3 Å². The fourth-order valence-electron chi connectivity index (χ4n) is 3.96. The molecule has 0 bridgehead atoms. The van der Waals surface area contributed by atoms with Gasteiger partial charge in [-0.3, -0.25) is 9.59 Å². The summed E-state index contributed by atoms with van der Waals surface area (Å²) in [6, 6.07) is 18.8. The van der Waals surface area contributed by atoms with Crippen LogP contribution < -0.4 is 20.2 Å². The van der Waals surface area contributed by atoms with Gasteiger partial charge in [-0.1, -0.05) is 29.8 Å². The number of hydrogen-bond donors (Lipinski definition) is 3. The molecular weight excluding hydrogens is 480 g/mol. The normalized spacial score (nSPS) is 13.5. The van der Waals surface area contributed by atoms with Gasteiger partial charge in [0.1, 0.15) is 19.3 Å². The van der Waals surface area contributed by atoms with Crippen LogP contribution in [-0.2, 0) is 11.2 Å². The van der Waals surface area contributed by atoms with Crippen molar-refractivity contribution in [3.63, 3.8) is 0 Å². The van der Waals surface area contributed by atoms with Crippen LogP contribution in [0.4, 0.5) is 0 Å². The fraction of sp³-hybridized carbons (Fsp3) is 0.148. The molecule has 0 radical (unpaired) electrons. The number of nitrogens with one attached hydrogen (secondary N) is 3. The topological polar surface area (TPSA) is 105 Å². The van der Waals surface area contributed by atoms with E-state index in [4.69, 9.17) is 21.1 Å². The lowest BCUT2D eigenvalue weighted by molar-refractivity contribution is -0.122. The van der Waals surface area contributed by atoms with Crippen molar-refractivity contribution >= 4 is 40.5 Å². The molecule has 3 N–H and O–H groups in total. The molecule has 4 aromatic rings. The third-order valence-corrected chi connectivity index (χ3v) is 6.03. The van der Waals surface area contributed by atoms with Gasteiger partial charge in [0.15, 0.2) is 11.5 Å². The van der Waals surface area contributed by atoms with Crippen LogP contribution in [0.3, 0.4) is 0 Å². The van der Waals surface area contributed by atoms with Crippen molar-refractivity contribution in [3.05, 3.63) is 94.6 Å². The number of benzene rings is 3. The number of hydrazone groups is 1. The summed E-state index contributed by atoms with van der Waals surface area (Å²) in [7, 11) is 0. The van der Waals surface area contributed by atoms with Crippen molar-refractivity contribution in [1.82, 2.24) is 15.7 Å². The SMILES string of the molecule is O=C(NC(Cc1c[nH]c2ccccc12)C(=O)N/N=C/c1ccc2c(c1)OCCO2)c1ccc(Cl)cc1. The molecule has 9 heteroatoms. The van der Waals surface area contributed by atoms with E-state index in [0.717, 1.165) is 22.0 Å². The molecule has 0 aliphatic carbocycles. The summed E-state index contributed by atoms with van der Waals surface area (Å²) in [5.41, 5.74) is 5.54. The highest BCUT2D eigenvalue weighted by atomic mass is 35.5. The number of nitrogens with zero attached hydrogens (tertiary/aromatic N) is 1. The fourth-order valence-corrected chi connectivity index (χ4v) is 4.09. The first-order chi connectivity index (χ1) is 17.6. The molecule has 8 nitrogen and oxygen atoms in total. The molecule has 2 amide bonds. The lowest BCUT2D eigenvalue weighted by atomic mass is 10.0. The summed E-state index contributed by atoms with van der Waals surface area (Å²) in [5, 5.41) is 8.43. The van der Waals surface area contributed by atoms with E-state index in [1.807, 2.05) is 36.5 Å². The number of fused-ring (bicyclic) bond motifs is 2. The minimum absolute atomic E-state index is 0.273. The lowest BCUT2D eigenvalue weighted by Crippen LogP contribution is -2.46. The van der Waals surface area contributed by atoms with Crippen molar-refractivity contribution in [2.45, 2.75) is 12.5 Å². The van der Waals surface area contributed by atoms with E-state index in [2.05, 4.69) is 20.8 Å². The lowest BCUT2D eigenvalue weighted by Gasteiger charge is -2.18. The summed E-state index contributed by atoms with van der Waals surface area (Å²) < 4.78 is 11.1. The van der Waals surface area contributed by atoms with E-state index in [-0.39, 0.29) is 12.3 Å². The van der Waals surface area contributed by atoms with Crippen LogP contribution in [0.2, 0.25) is 5.02 Å². The summed E-state index contributed by atoms with van der Waals surface area (Å²) in [4.78, 5) is 29.2. The van der Waals surface area contributed by atoms with Crippen LogP contribution in [0.25, 0.3) is 10.9 Å². The number of rotatable bonds is 7. The van der Waals surface area contributed by atoms with Crippen molar-refractivity contribution in [1.29, 1.82) is 0 Å². The maximum absolute atomic E-state index is 13.1. The van der Waals surface area contributed by atoms with E-state index < -0.39 is 11.9 Å². The number of H-pyrrole nitrogens is 1. The van der Waals surface area contributed by atoms with Crippen molar-refractivity contribution in [2.75, 3.05) is 13.2 Å². The number of aromatic amines is 1. The first-order valence-corrected chi connectivity index (χ1v) is 11.8. The van der Waals surface area contributed by atoms with Gasteiger partial charge in [0, 0.05) is 34.1 Å². The van der Waals surface area contributed by atoms with Crippen LogP contribution in [-0.4, -0.2) is 42.3 Å². The summed E-state index contributed by atoms with van der Waals surface area (Å²) in [6.07, 6.45) is 3.63. The molecule has 3 aromatic carbocycles. The second-order valence-electron chi connectivity index (χ2n) is 8.23. The molecule has 1 aliphatic heterocycles. The highest BCUT2D eigenvalue weighted by Gasteiger charge is 2.23. The molecule has 182 valence electrons. The van der Waals surface area contributed by atoms with Gasteiger partial charge in [0.05, 0.1) is 6.21 Å². The van der Waals surface area contributed by atoms with Crippen LogP contribution in [0.5, 0.6) is 11.5 Å².